The van der Waals surface area contributed by atoms with Gasteiger partial charge in [0.1, 0.15) is 6.10 Å². The molecule has 3 unspecified atom stereocenters. The van der Waals surface area contributed by atoms with Crippen LogP contribution >= 0.6 is 0 Å². The molecule has 0 saturated carbocycles. The van der Waals surface area contributed by atoms with Crippen LogP contribution in [-0.2, 0) is 13.1 Å². The molecule has 0 bridgehead atoms. The highest BCUT2D eigenvalue weighted by Gasteiger charge is 2.30. The van der Waals surface area contributed by atoms with Gasteiger partial charge in [-0.15, -0.1) is 0 Å². The summed E-state index contributed by atoms with van der Waals surface area (Å²) in [4.78, 5) is 6.87. The van der Waals surface area contributed by atoms with Crippen LogP contribution in [0.4, 0.5) is 0 Å². The average Bonchev–Trinajstić information content (AvgIpc) is 2.98. The number of aliphatic hydroxyl groups is 2. The molecule has 0 radical (unpaired) electrons. The fourth-order valence-electron chi connectivity index (χ4n) is 3.86. The minimum atomic E-state index is -1.08. The summed E-state index contributed by atoms with van der Waals surface area (Å²) >= 11 is 0. The Morgan fingerprint density at radius 2 is 1.72 bits per heavy atom. The Hall–Kier alpha value is -0.910. The summed E-state index contributed by atoms with van der Waals surface area (Å²) in [6.45, 7) is 18.2. The normalized spacial score (nSPS) is 16.4. The molecule has 0 fully saturated rings. The maximum atomic E-state index is 10.8. The van der Waals surface area contributed by atoms with Gasteiger partial charge in [0.25, 0.3) is 0 Å². The van der Waals surface area contributed by atoms with Gasteiger partial charge >= 0.3 is 0 Å². The lowest BCUT2D eigenvalue weighted by Gasteiger charge is -2.30. The molecule has 0 spiro atoms. The van der Waals surface area contributed by atoms with E-state index < -0.39 is 11.7 Å². The van der Waals surface area contributed by atoms with E-state index in [4.69, 9.17) is 0 Å². The number of hydrogen-bond acceptors (Lipinski definition) is 4. The lowest BCUT2D eigenvalue weighted by atomic mass is 9.89. The average molecular weight is 410 g/mol. The van der Waals surface area contributed by atoms with Crippen LogP contribution in [0.5, 0.6) is 0 Å². The van der Waals surface area contributed by atoms with Crippen LogP contribution in [0.1, 0.15) is 91.5 Å². The smallest absolute Gasteiger partial charge is 0.100 e. The monoisotopic (exact) mass is 409 g/mol. The lowest BCUT2D eigenvalue weighted by Crippen LogP contribution is -2.42. The largest absolute Gasteiger partial charge is 0.388 e. The zero-order chi connectivity index (χ0) is 22.0. The lowest BCUT2D eigenvalue weighted by molar-refractivity contribution is -0.0754. The molecule has 1 heterocycles. The van der Waals surface area contributed by atoms with Crippen LogP contribution in [0, 0.1) is 18.8 Å². The number of hydrogen-bond donors (Lipinski definition) is 2. The number of aromatic nitrogens is 2. The van der Waals surface area contributed by atoms with Crippen molar-refractivity contribution in [2.75, 3.05) is 13.1 Å². The van der Waals surface area contributed by atoms with Crippen LogP contribution in [0.3, 0.4) is 0 Å². The minimum Gasteiger partial charge on any atom is -0.388 e. The van der Waals surface area contributed by atoms with Gasteiger partial charge in [0.05, 0.1) is 24.2 Å². The van der Waals surface area contributed by atoms with Crippen molar-refractivity contribution in [1.29, 1.82) is 0 Å². The standard InChI is InChI=1S/C24H47N3O2/c1-8-26(9-2)16-22-21(6)27(18-25-22)17-23(28)24(7,29)15-11-14-20(5)13-10-12-19(3)4/h18-20,23,28-29H,8-17H2,1-7H3. The number of aliphatic hydroxyl groups excluding tert-OH is 1. The second-order valence-corrected chi connectivity index (χ2v) is 9.59. The summed E-state index contributed by atoms with van der Waals surface area (Å²) in [7, 11) is 0. The van der Waals surface area contributed by atoms with Crippen molar-refractivity contribution in [3.63, 3.8) is 0 Å². The first kappa shape index (κ1) is 26.1. The topological polar surface area (TPSA) is 61.5 Å². The van der Waals surface area contributed by atoms with Gasteiger partial charge in [-0.25, -0.2) is 4.98 Å². The third kappa shape index (κ3) is 9.18. The van der Waals surface area contributed by atoms with E-state index in [-0.39, 0.29) is 0 Å². The van der Waals surface area contributed by atoms with Crippen molar-refractivity contribution < 1.29 is 10.2 Å². The zero-order valence-electron chi connectivity index (χ0n) is 20.1. The Kier molecular flexibility index (Phi) is 11.4. The highest BCUT2D eigenvalue weighted by molar-refractivity contribution is 5.11. The van der Waals surface area contributed by atoms with E-state index >= 15 is 0 Å². The molecule has 3 atom stereocenters. The minimum absolute atomic E-state index is 0.383. The van der Waals surface area contributed by atoms with Gasteiger partial charge in [0, 0.05) is 12.2 Å². The highest BCUT2D eigenvalue weighted by Crippen LogP contribution is 2.24. The van der Waals surface area contributed by atoms with Gasteiger partial charge < -0.3 is 14.8 Å². The SMILES string of the molecule is CCN(CC)Cc1ncn(CC(O)C(C)(O)CCCC(C)CCCC(C)C)c1C. The Bertz CT molecular complexity index is 564. The Morgan fingerprint density at radius 3 is 2.31 bits per heavy atom. The summed E-state index contributed by atoms with van der Waals surface area (Å²) in [6, 6.07) is 0. The zero-order valence-corrected chi connectivity index (χ0v) is 20.1. The van der Waals surface area contributed by atoms with Crippen molar-refractivity contribution in [2.24, 2.45) is 11.8 Å². The molecule has 5 nitrogen and oxygen atoms in total. The number of rotatable bonds is 15. The van der Waals surface area contributed by atoms with E-state index in [0.29, 0.717) is 18.9 Å². The second-order valence-electron chi connectivity index (χ2n) is 9.59. The molecular formula is C24H47N3O2. The van der Waals surface area contributed by atoms with Crippen molar-refractivity contribution in [3.8, 4) is 0 Å². The quantitative estimate of drug-likeness (QED) is 0.438. The van der Waals surface area contributed by atoms with Gasteiger partial charge in [-0.2, -0.15) is 0 Å². The Labute approximate surface area is 179 Å². The Balaban J connectivity index is 2.49. The van der Waals surface area contributed by atoms with Gasteiger partial charge in [-0.3, -0.25) is 4.90 Å². The van der Waals surface area contributed by atoms with Crippen LogP contribution in [-0.4, -0.2) is 49.5 Å². The highest BCUT2D eigenvalue weighted by atomic mass is 16.3. The van der Waals surface area contributed by atoms with Gasteiger partial charge in [0.2, 0.25) is 0 Å². The fraction of sp³-hybridized carbons (Fsp3) is 0.875. The second kappa shape index (κ2) is 12.7. The van der Waals surface area contributed by atoms with Crippen LogP contribution in [0.15, 0.2) is 6.33 Å². The van der Waals surface area contributed by atoms with E-state index in [1.807, 2.05) is 11.5 Å². The molecule has 1 rings (SSSR count). The van der Waals surface area contributed by atoms with Crippen LogP contribution in [0.2, 0.25) is 0 Å². The van der Waals surface area contributed by atoms with E-state index in [0.717, 1.165) is 49.8 Å². The van der Waals surface area contributed by atoms with Crippen LogP contribution < -0.4 is 0 Å². The predicted octanol–water partition coefficient (Wildman–Crippen LogP) is 4.78. The van der Waals surface area contributed by atoms with E-state index in [2.05, 4.69) is 44.5 Å². The van der Waals surface area contributed by atoms with Gasteiger partial charge in [0.15, 0.2) is 0 Å². The first-order valence-corrected chi connectivity index (χ1v) is 11.7. The third-order valence-electron chi connectivity index (χ3n) is 6.41. The van der Waals surface area contributed by atoms with Crippen molar-refractivity contribution in [2.45, 2.75) is 112 Å². The molecule has 1 aromatic rings. The number of nitrogens with zero attached hydrogens (tertiary/aromatic N) is 3. The van der Waals surface area contributed by atoms with Crippen molar-refractivity contribution >= 4 is 0 Å². The first-order valence-electron chi connectivity index (χ1n) is 11.7. The summed E-state index contributed by atoms with van der Waals surface area (Å²) in [6.07, 6.45) is 7.52. The van der Waals surface area contributed by atoms with Gasteiger partial charge in [-0.05, 0) is 45.2 Å². The first-order chi connectivity index (χ1) is 13.6. The van der Waals surface area contributed by atoms with Crippen molar-refractivity contribution in [1.82, 2.24) is 14.5 Å². The molecule has 170 valence electrons. The maximum absolute atomic E-state index is 10.8. The van der Waals surface area contributed by atoms with Gasteiger partial charge in [-0.1, -0.05) is 66.7 Å². The van der Waals surface area contributed by atoms with E-state index in [1.54, 1.807) is 13.3 Å². The summed E-state index contributed by atoms with van der Waals surface area (Å²) in [5.74, 6) is 1.46. The predicted molar refractivity (Wildman–Crippen MR) is 122 cm³/mol. The molecule has 0 aliphatic carbocycles. The molecule has 2 N–H and O–H groups in total. The molecule has 0 aromatic carbocycles. The Morgan fingerprint density at radius 1 is 1.10 bits per heavy atom. The molecule has 0 aliphatic rings. The molecule has 1 aromatic heterocycles. The molecule has 0 amide bonds. The molecule has 5 heteroatoms. The molecular weight excluding hydrogens is 362 g/mol. The molecule has 0 saturated heterocycles. The van der Waals surface area contributed by atoms with Crippen molar-refractivity contribution in [3.05, 3.63) is 17.7 Å². The van der Waals surface area contributed by atoms with E-state index in [9.17, 15) is 10.2 Å². The molecule has 0 aliphatic heterocycles. The fourth-order valence-corrected chi connectivity index (χ4v) is 3.86. The number of imidazole rings is 1. The molecule has 29 heavy (non-hydrogen) atoms. The summed E-state index contributed by atoms with van der Waals surface area (Å²) in [5.41, 5.74) is 1.05. The summed E-state index contributed by atoms with van der Waals surface area (Å²) in [5, 5.41) is 21.5. The maximum Gasteiger partial charge on any atom is 0.100 e. The third-order valence-corrected chi connectivity index (χ3v) is 6.41. The van der Waals surface area contributed by atoms with Crippen LogP contribution in [0.25, 0.3) is 0 Å². The van der Waals surface area contributed by atoms with E-state index in [1.165, 1.54) is 19.3 Å². The summed E-state index contributed by atoms with van der Waals surface area (Å²) < 4.78 is 1.98.